The molecule has 0 amide bonds. The molecule has 3 nitrogen and oxygen atoms in total. The number of imidazole rings is 1. The SMILES string of the molecule is CC(c1cccc(Br)n1)C(F)(F)[B-]c1n(C)cc[n+]1C. The molecule has 0 saturated carbocycles. The topological polar surface area (TPSA) is 21.7 Å². The molecule has 2 heterocycles. The Hall–Kier alpha value is -1.24. The van der Waals surface area contributed by atoms with E-state index in [1.165, 1.54) is 6.92 Å². The van der Waals surface area contributed by atoms with Crippen LogP contribution in [0.5, 0.6) is 0 Å². The Morgan fingerprint density at radius 1 is 1.45 bits per heavy atom. The molecule has 106 valence electrons. The third-order valence-electron chi connectivity index (χ3n) is 3.32. The van der Waals surface area contributed by atoms with Crippen LogP contribution in [0.1, 0.15) is 18.5 Å². The highest BCUT2D eigenvalue weighted by Gasteiger charge is 2.30. The van der Waals surface area contributed by atoms with Gasteiger partial charge in [-0.25, -0.2) is 4.98 Å². The maximum atomic E-state index is 14.4. The Morgan fingerprint density at radius 2 is 2.15 bits per heavy atom. The van der Waals surface area contributed by atoms with Crippen LogP contribution in [0, 0.1) is 0 Å². The van der Waals surface area contributed by atoms with Crippen molar-refractivity contribution >= 4 is 28.9 Å². The molecule has 1 atom stereocenters. The minimum atomic E-state index is -2.99. The van der Waals surface area contributed by atoms with E-state index in [0.29, 0.717) is 16.0 Å². The first kappa shape index (κ1) is 15.2. The Balaban J connectivity index is 2.26. The molecule has 0 aliphatic rings. The number of nitrogens with zero attached hydrogens (tertiary/aromatic N) is 3. The molecule has 2 aromatic heterocycles. The fourth-order valence-corrected chi connectivity index (χ4v) is 2.32. The normalized spacial score (nSPS) is 13.5. The summed E-state index contributed by atoms with van der Waals surface area (Å²) in [6.45, 7) is 1.48. The van der Waals surface area contributed by atoms with E-state index >= 15 is 0 Å². The summed E-state index contributed by atoms with van der Waals surface area (Å²) in [7, 11) is 4.47. The van der Waals surface area contributed by atoms with Gasteiger partial charge in [0, 0.05) is 17.3 Å². The second-order valence-corrected chi connectivity index (χ2v) is 5.62. The molecular formula is C13H15BBrF2N3. The summed E-state index contributed by atoms with van der Waals surface area (Å²) in [6.07, 6.45) is 3.48. The van der Waals surface area contributed by atoms with Crippen molar-refractivity contribution in [2.45, 2.75) is 18.7 Å². The van der Waals surface area contributed by atoms with Gasteiger partial charge >= 0.3 is 0 Å². The van der Waals surface area contributed by atoms with Crippen LogP contribution in [0.4, 0.5) is 8.78 Å². The van der Waals surface area contributed by atoms with E-state index in [9.17, 15) is 8.78 Å². The molecule has 7 heteroatoms. The smallest absolute Gasteiger partial charge is 0.125 e. The summed E-state index contributed by atoms with van der Waals surface area (Å²) in [4.78, 5) is 4.12. The predicted octanol–water partition coefficient (Wildman–Crippen LogP) is 1.73. The third-order valence-corrected chi connectivity index (χ3v) is 3.76. The molecule has 0 bridgehead atoms. The lowest BCUT2D eigenvalue weighted by molar-refractivity contribution is -0.653. The molecule has 0 aromatic carbocycles. The van der Waals surface area contributed by atoms with Crippen LogP contribution in [-0.2, 0) is 14.1 Å². The minimum absolute atomic E-state index is 0.359. The Labute approximate surface area is 126 Å². The van der Waals surface area contributed by atoms with E-state index in [-0.39, 0.29) is 0 Å². The largest absolute Gasteiger partial charge is 0.280 e. The second kappa shape index (κ2) is 5.64. The van der Waals surface area contributed by atoms with Crippen LogP contribution in [-0.4, -0.2) is 22.7 Å². The van der Waals surface area contributed by atoms with Crippen LogP contribution >= 0.6 is 15.9 Å². The Morgan fingerprint density at radius 3 is 2.70 bits per heavy atom. The molecule has 0 aliphatic heterocycles. The number of alkyl halides is 2. The zero-order valence-electron chi connectivity index (χ0n) is 11.5. The molecule has 0 fully saturated rings. The molecule has 2 rings (SSSR count). The van der Waals surface area contributed by atoms with Gasteiger partial charge in [0.25, 0.3) is 0 Å². The molecule has 0 N–H and O–H groups in total. The average Bonchev–Trinajstić information content (AvgIpc) is 2.69. The monoisotopic (exact) mass is 341 g/mol. The van der Waals surface area contributed by atoms with Gasteiger partial charge in [0.05, 0.1) is 19.9 Å². The lowest BCUT2D eigenvalue weighted by Gasteiger charge is -2.32. The van der Waals surface area contributed by atoms with Crippen LogP contribution in [0.2, 0.25) is 0 Å². The molecule has 0 saturated heterocycles. The van der Waals surface area contributed by atoms with Crippen LogP contribution in [0.25, 0.3) is 0 Å². The molecule has 2 aromatic rings. The number of pyridine rings is 1. The van der Waals surface area contributed by atoms with Crippen molar-refractivity contribution in [2.75, 3.05) is 0 Å². The highest BCUT2D eigenvalue weighted by Crippen LogP contribution is 2.31. The van der Waals surface area contributed by atoms with Crippen LogP contribution < -0.4 is 10.3 Å². The first-order valence-corrected chi connectivity index (χ1v) is 6.97. The molecule has 0 spiro atoms. The van der Waals surface area contributed by atoms with Gasteiger partial charge in [-0.3, -0.25) is 17.9 Å². The van der Waals surface area contributed by atoms with Crippen molar-refractivity contribution in [3.05, 3.63) is 40.9 Å². The fourth-order valence-electron chi connectivity index (χ4n) is 1.96. The van der Waals surface area contributed by atoms with E-state index in [1.54, 1.807) is 53.8 Å². The van der Waals surface area contributed by atoms with Crippen LogP contribution in [0.3, 0.4) is 0 Å². The zero-order chi connectivity index (χ0) is 14.9. The Kier molecular flexibility index (Phi) is 4.27. The van der Waals surface area contributed by atoms with Crippen molar-refractivity contribution in [1.29, 1.82) is 0 Å². The predicted molar refractivity (Wildman–Crippen MR) is 77.3 cm³/mol. The van der Waals surface area contributed by atoms with Gasteiger partial charge in [-0.05, 0) is 28.1 Å². The average molecular weight is 342 g/mol. The number of aromatic nitrogens is 3. The molecule has 2 radical (unpaired) electrons. The number of rotatable bonds is 4. The van der Waals surface area contributed by atoms with E-state index in [2.05, 4.69) is 20.9 Å². The molecule has 0 aliphatic carbocycles. The van der Waals surface area contributed by atoms with Gasteiger partial charge in [0.15, 0.2) is 0 Å². The highest BCUT2D eigenvalue weighted by molar-refractivity contribution is 9.10. The van der Waals surface area contributed by atoms with Crippen molar-refractivity contribution in [2.24, 2.45) is 14.1 Å². The van der Waals surface area contributed by atoms with Gasteiger partial charge in [-0.2, -0.15) is 0 Å². The first-order valence-electron chi connectivity index (χ1n) is 6.18. The summed E-state index contributed by atoms with van der Waals surface area (Å²) in [5.41, 5.74) is 0.814. The van der Waals surface area contributed by atoms with Crippen molar-refractivity contribution < 1.29 is 13.3 Å². The first-order chi connectivity index (χ1) is 9.31. The second-order valence-electron chi connectivity index (χ2n) is 4.80. The van der Waals surface area contributed by atoms with E-state index in [0.717, 1.165) is 7.28 Å². The van der Waals surface area contributed by atoms with Gasteiger partial charge < -0.3 is 0 Å². The van der Waals surface area contributed by atoms with E-state index < -0.39 is 11.7 Å². The fraction of sp³-hybridized carbons (Fsp3) is 0.385. The number of halogens is 3. The van der Waals surface area contributed by atoms with Crippen molar-refractivity contribution in [3.63, 3.8) is 0 Å². The van der Waals surface area contributed by atoms with E-state index in [4.69, 9.17) is 0 Å². The van der Waals surface area contributed by atoms with Gasteiger partial charge in [0.2, 0.25) is 0 Å². The maximum absolute atomic E-state index is 14.4. The van der Waals surface area contributed by atoms with Gasteiger partial charge in [-0.1, -0.05) is 20.3 Å². The minimum Gasteiger partial charge on any atom is -0.280 e. The van der Waals surface area contributed by atoms with Crippen molar-refractivity contribution in [1.82, 2.24) is 9.55 Å². The summed E-state index contributed by atoms with van der Waals surface area (Å²) >= 11 is 3.21. The molecular weight excluding hydrogens is 327 g/mol. The lowest BCUT2D eigenvalue weighted by atomic mass is 9.63. The highest BCUT2D eigenvalue weighted by atomic mass is 79.9. The van der Waals surface area contributed by atoms with Crippen LogP contribution in [0.15, 0.2) is 35.2 Å². The summed E-state index contributed by atoms with van der Waals surface area (Å²) in [5.74, 6) is -3.99. The quantitative estimate of drug-likeness (QED) is 0.471. The maximum Gasteiger partial charge on any atom is 0.125 e. The third kappa shape index (κ3) is 3.08. The summed E-state index contributed by atoms with van der Waals surface area (Å²) in [5, 5.41) is 0. The standard InChI is InChI=1S/C13H15BBrF2N3/c1-9(10-5-4-6-11(15)18-10)13(16,17)14-12-19(2)7-8-20(12)3/h4-9H,1-3H3. The lowest BCUT2D eigenvalue weighted by Crippen LogP contribution is -2.55. The van der Waals surface area contributed by atoms with Crippen molar-refractivity contribution in [3.8, 4) is 0 Å². The zero-order valence-corrected chi connectivity index (χ0v) is 13.1. The summed E-state index contributed by atoms with van der Waals surface area (Å²) < 4.78 is 32.7. The molecule has 20 heavy (non-hydrogen) atoms. The summed E-state index contributed by atoms with van der Waals surface area (Å²) in [6, 6.07) is 5.04. The van der Waals surface area contributed by atoms with Gasteiger partial charge in [-0.15, -0.1) is 0 Å². The number of hydrogen-bond donors (Lipinski definition) is 0. The number of aryl methyl sites for hydroxylation is 2. The van der Waals surface area contributed by atoms with E-state index in [1.807, 2.05) is 0 Å². The molecule has 1 unspecified atom stereocenters. The number of hydrogen-bond acceptors (Lipinski definition) is 1. The van der Waals surface area contributed by atoms with Gasteiger partial charge in [0.1, 0.15) is 17.0 Å². The Bertz CT molecular complexity index is 596.